The molecule has 1 rings (SSSR count). The fourth-order valence-corrected chi connectivity index (χ4v) is 1.19. The summed E-state index contributed by atoms with van der Waals surface area (Å²) in [7, 11) is 4.04. The third kappa shape index (κ3) is 5.28. The number of rotatable bonds is 6. The predicted octanol–water partition coefficient (Wildman–Crippen LogP) is -0.0477. The van der Waals surface area contributed by atoms with E-state index in [1.807, 2.05) is 20.2 Å². The van der Waals surface area contributed by atoms with Gasteiger partial charge in [-0.2, -0.15) is 0 Å². The van der Waals surface area contributed by atoms with E-state index in [0.717, 1.165) is 18.8 Å². The number of aromatic nitrogens is 1. The smallest absolute Gasteiger partial charge is 0.239 e. The first-order valence-corrected chi connectivity index (χ1v) is 5.46. The number of hydrogen-bond donors (Lipinski definition) is 3. The highest BCUT2D eigenvalue weighted by Crippen LogP contribution is 2.08. The first kappa shape index (κ1) is 13.4. The van der Waals surface area contributed by atoms with Gasteiger partial charge in [-0.15, -0.1) is 0 Å². The lowest BCUT2D eigenvalue weighted by atomic mass is 10.4. The third-order valence-corrected chi connectivity index (χ3v) is 2.10. The Labute approximate surface area is 101 Å². The van der Waals surface area contributed by atoms with E-state index < -0.39 is 0 Å². The maximum absolute atomic E-state index is 11.0. The molecule has 0 spiro atoms. The molecule has 17 heavy (non-hydrogen) atoms. The van der Waals surface area contributed by atoms with E-state index in [1.165, 1.54) is 0 Å². The van der Waals surface area contributed by atoms with Gasteiger partial charge in [-0.1, -0.05) is 0 Å². The zero-order valence-electron chi connectivity index (χ0n) is 10.2. The molecule has 1 aromatic heterocycles. The van der Waals surface area contributed by atoms with E-state index in [4.69, 9.17) is 5.73 Å². The molecule has 0 aliphatic rings. The van der Waals surface area contributed by atoms with E-state index in [0.29, 0.717) is 5.82 Å². The first-order valence-electron chi connectivity index (χ1n) is 5.46. The van der Waals surface area contributed by atoms with Crippen LogP contribution in [0.15, 0.2) is 18.3 Å². The average molecular weight is 237 g/mol. The molecular formula is C11H19N5O. The standard InChI is InChI=1S/C11H19N5O/c1-16(2)6-5-13-9-3-4-10(14-8-9)15-11(17)7-12/h3-4,8,13H,5-7,12H2,1-2H3,(H,14,15,17). The van der Waals surface area contributed by atoms with Crippen molar-refractivity contribution in [2.45, 2.75) is 0 Å². The Hall–Kier alpha value is -1.66. The van der Waals surface area contributed by atoms with Crippen LogP contribution >= 0.6 is 0 Å². The van der Waals surface area contributed by atoms with Gasteiger partial charge in [0, 0.05) is 13.1 Å². The molecular weight excluding hydrogens is 218 g/mol. The minimum Gasteiger partial charge on any atom is -0.383 e. The lowest BCUT2D eigenvalue weighted by molar-refractivity contribution is -0.114. The second-order valence-electron chi connectivity index (χ2n) is 3.91. The van der Waals surface area contributed by atoms with Gasteiger partial charge in [-0.25, -0.2) is 4.98 Å². The zero-order chi connectivity index (χ0) is 12.7. The molecule has 0 aliphatic carbocycles. The average Bonchev–Trinajstić information content (AvgIpc) is 2.31. The molecule has 4 N–H and O–H groups in total. The Kier molecular flexibility index (Phi) is 5.38. The van der Waals surface area contributed by atoms with Crippen LogP contribution in [0.2, 0.25) is 0 Å². The van der Waals surface area contributed by atoms with Crippen molar-refractivity contribution in [3.63, 3.8) is 0 Å². The number of nitrogens with two attached hydrogens (primary N) is 1. The normalized spacial score (nSPS) is 10.4. The van der Waals surface area contributed by atoms with Gasteiger partial charge in [0.1, 0.15) is 5.82 Å². The summed E-state index contributed by atoms with van der Waals surface area (Å²) in [4.78, 5) is 17.2. The second-order valence-corrected chi connectivity index (χ2v) is 3.91. The quantitative estimate of drug-likeness (QED) is 0.646. The summed E-state index contributed by atoms with van der Waals surface area (Å²) in [5.41, 5.74) is 6.12. The lowest BCUT2D eigenvalue weighted by Crippen LogP contribution is -2.22. The van der Waals surface area contributed by atoms with Crippen molar-refractivity contribution in [2.24, 2.45) is 5.73 Å². The van der Waals surface area contributed by atoms with Crippen LogP contribution < -0.4 is 16.4 Å². The Morgan fingerprint density at radius 2 is 2.24 bits per heavy atom. The Bertz CT molecular complexity index is 349. The van der Waals surface area contributed by atoms with E-state index in [-0.39, 0.29) is 12.5 Å². The van der Waals surface area contributed by atoms with Crippen LogP contribution in [-0.2, 0) is 4.79 Å². The minimum absolute atomic E-state index is 0.0372. The van der Waals surface area contributed by atoms with Gasteiger partial charge in [0.05, 0.1) is 18.4 Å². The fraction of sp³-hybridized carbons (Fsp3) is 0.455. The summed E-state index contributed by atoms with van der Waals surface area (Å²) in [5.74, 6) is 0.268. The van der Waals surface area contributed by atoms with E-state index in [1.54, 1.807) is 12.3 Å². The number of pyridine rings is 1. The fourth-order valence-electron chi connectivity index (χ4n) is 1.19. The lowest BCUT2D eigenvalue weighted by Gasteiger charge is -2.11. The van der Waals surface area contributed by atoms with Gasteiger partial charge >= 0.3 is 0 Å². The molecule has 94 valence electrons. The molecule has 1 amide bonds. The van der Waals surface area contributed by atoms with Gasteiger partial charge in [0.25, 0.3) is 0 Å². The molecule has 0 atom stereocenters. The van der Waals surface area contributed by atoms with Crippen molar-refractivity contribution in [1.29, 1.82) is 0 Å². The Balaban J connectivity index is 2.42. The largest absolute Gasteiger partial charge is 0.383 e. The molecule has 0 radical (unpaired) electrons. The van der Waals surface area contributed by atoms with Crippen molar-refractivity contribution >= 4 is 17.4 Å². The molecule has 0 fully saturated rings. The molecule has 6 heteroatoms. The highest BCUT2D eigenvalue weighted by Gasteiger charge is 2.00. The number of anilines is 2. The van der Waals surface area contributed by atoms with Gasteiger partial charge < -0.3 is 21.3 Å². The predicted molar refractivity (Wildman–Crippen MR) is 69.0 cm³/mol. The summed E-state index contributed by atoms with van der Waals surface area (Å²) < 4.78 is 0. The SMILES string of the molecule is CN(C)CCNc1ccc(NC(=O)CN)nc1. The molecule has 0 saturated heterocycles. The molecule has 0 aromatic carbocycles. The second kappa shape index (κ2) is 6.82. The number of nitrogens with zero attached hydrogens (tertiary/aromatic N) is 2. The number of amides is 1. The summed E-state index contributed by atoms with van der Waals surface area (Å²) in [6, 6.07) is 3.61. The summed E-state index contributed by atoms with van der Waals surface area (Å²) in [6.07, 6.45) is 1.68. The molecule has 0 bridgehead atoms. The monoisotopic (exact) mass is 237 g/mol. The molecule has 6 nitrogen and oxygen atoms in total. The van der Waals surface area contributed by atoms with Crippen LogP contribution in [0, 0.1) is 0 Å². The van der Waals surface area contributed by atoms with Crippen LogP contribution in [0.4, 0.5) is 11.5 Å². The van der Waals surface area contributed by atoms with E-state index in [2.05, 4.69) is 20.5 Å². The summed E-state index contributed by atoms with van der Waals surface area (Å²) in [5, 5.41) is 5.81. The number of carbonyl (C=O) groups is 1. The van der Waals surface area contributed by atoms with Crippen LogP contribution in [0.5, 0.6) is 0 Å². The molecule has 0 saturated carbocycles. The van der Waals surface area contributed by atoms with Gasteiger partial charge in [-0.3, -0.25) is 4.79 Å². The van der Waals surface area contributed by atoms with Crippen molar-refractivity contribution in [1.82, 2.24) is 9.88 Å². The maximum atomic E-state index is 11.0. The zero-order valence-corrected chi connectivity index (χ0v) is 10.2. The van der Waals surface area contributed by atoms with Gasteiger partial charge in [-0.05, 0) is 26.2 Å². The first-order chi connectivity index (χ1) is 8.11. The third-order valence-electron chi connectivity index (χ3n) is 2.10. The number of likely N-dealkylation sites (N-methyl/N-ethyl adjacent to an activating group) is 1. The van der Waals surface area contributed by atoms with Gasteiger partial charge in [0.15, 0.2) is 0 Å². The van der Waals surface area contributed by atoms with Crippen LogP contribution in [-0.4, -0.2) is 49.5 Å². The number of carbonyl (C=O) groups excluding carboxylic acids is 1. The Morgan fingerprint density at radius 3 is 2.76 bits per heavy atom. The van der Waals surface area contributed by atoms with Crippen LogP contribution in [0.3, 0.4) is 0 Å². The van der Waals surface area contributed by atoms with Gasteiger partial charge in [0.2, 0.25) is 5.91 Å². The topological polar surface area (TPSA) is 83.3 Å². The molecule has 1 aromatic rings. The maximum Gasteiger partial charge on any atom is 0.239 e. The number of hydrogen-bond acceptors (Lipinski definition) is 5. The van der Waals surface area contributed by atoms with Crippen molar-refractivity contribution in [2.75, 3.05) is 44.4 Å². The van der Waals surface area contributed by atoms with E-state index >= 15 is 0 Å². The van der Waals surface area contributed by atoms with Crippen molar-refractivity contribution in [3.8, 4) is 0 Å². The highest BCUT2D eigenvalue weighted by molar-refractivity contribution is 5.91. The summed E-state index contributed by atoms with van der Waals surface area (Å²) in [6.45, 7) is 1.76. The molecule has 0 unspecified atom stereocenters. The highest BCUT2D eigenvalue weighted by atomic mass is 16.1. The van der Waals surface area contributed by atoms with E-state index in [9.17, 15) is 4.79 Å². The number of nitrogens with one attached hydrogen (secondary N) is 2. The van der Waals surface area contributed by atoms with Crippen LogP contribution in [0.25, 0.3) is 0 Å². The summed E-state index contributed by atoms with van der Waals surface area (Å²) >= 11 is 0. The van der Waals surface area contributed by atoms with Crippen molar-refractivity contribution < 1.29 is 4.79 Å². The van der Waals surface area contributed by atoms with Crippen molar-refractivity contribution in [3.05, 3.63) is 18.3 Å². The molecule has 0 aliphatic heterocycles. The Morgan fingerprint density at radius 1 is 1.47 bits per heavy atom. The van der Waals surface area contributed by atoms with Crippen LogP contribution in [0.1, 0.15) is 0 Å². The minimum atomic E-state index is -0.245. The molecule has 1 heterocycles.